The van der Waals surface area contributed by atoms with Crippen LogP contribution in [0.1, 0.15) is 17.0 Å². The van der Waals surface area contributed by atoms with Gasteiger partial charge >= 0.3 is 0 Å². The molecular formula is C17H20N6. The molecule has 118 valence electrons. The summed E-state index contributed by atoms with van der Waals surface area (Å²) in [6.07, 6.45) is 11.2. The molecule has 3 aromatic heterocycles. The van der Waals surface area contributed by atoms with Crippen LogP contribution < -0.4 is 5.43 Å². The third-order valence-electron chi connectivity index (χ3n) is 3.65. The zero-order chi connectivity index (χ0) is 16.2. The van der Waals surface area contributed by atoms with Crippen molar-refractivity contribution >= 4 is 11.2 Å². The van der Waals surface area contributed by atoms with Gasteiger partial charge in [-0.15, -0.1) is 0 Å². The van der Waals surface area contributed by atoms with Crippen molar-refractivity contribution in [3.63, 3.8) is 0 Å². The molecule has 0 aliphatic carbocycles. The molecule has 0 amide bonds. The number of pyridine rings is 1. The van der Waals surface area contributed by atoms with Crippen LogP contribution in [0.2, 0.25) is 0 Å². The molecule has 6 nitrogen and oxygen atoms in total. The van der Waals surface area contributed by atoms with E-state index in [1.165, 1.54) is 11.1 Å². The Bertz CT molecular complexity index is 821. The minimum Gasteiger partial charge on any atom is -0.326 e. The Morgan fingerprint density at radius 1 is 1.09 bits per heavy atom. The molecule has 6 heteroatoms. The number of aromatic nitrogens is 4. The predicted octanol–water partition coefficient (Wildman–Crippen LogP) is 2.22. The summed E-state index contributed by atoms with van der Waals surface area (Å²) < 4.78 is 2.08. The topological polar surface area (TPSA) is 58.4 Å². The van der Waals surface area contributed by atoms with Crippen LogP contribution in [0.3, 0.4) is 0 Å². The number of hydrazine groups is 1. The van der Waals surface area contributed by atoms with E-state index >= 15 is 0 Å². The van der Waals surface area contributed by atoms with Crippen molar-refractivity contribution in [2.24, 2.45) is 0 Å². The minimum absolute atomic E-state index is 0.884. The van der Waals surface area contributed by atoms with Gasteiger partial charge in [-0.05, 0) is 31.5 Å². The molecular weight excluding hydrogens is 288 g/mol. The number of nitrogens with zero attached hydrogens (tertiary/aromatic N) is 5. The molecule has 0 aromatic carbocycles. The first-order valence-corrected chi connectivity index (χ1v) is 7.47. The normalized spacial score (nSPS) is 14.1. The van der Waals surface area contributed by atoms with Gasteiger partial charge in [-0.3, -0.25) is 14.4 Å². The van der Waals surface area contributed by atoms with Gasteiger partial charge in [-0.2, -0.15) is 0 Å². The maximum absolute atomic E-state index is 4.40. The monoisotopic (exact) mass is 308 g/mol. The van der Waals surface area contributed by atoms with Crippen LogP contribution in [0.25, 0.3) is 11.2 Å². The van der Waals surface area contributed by atoms with Crippen molar-refractivity contribution in [3.8, 4) is 0 Å². The van der Waals surface area contributed by atoms with Gasteiger partial charge in [0.15, 0.2) is 5.65 Å². The number of imidazole rings is 1. The highest BCUT2D eigenvalue weighted by atomic mass is 15.5. The molecule has 0 unspecified atom stereocenters. The van der Waals surface area contributed by atoms with E-state index < -0.39 is 0 Å². The number of hydrogen-bond acceptors (Lipinski definition) is 5. The zero-order valence-corrected chi connectivity index (χ0v) is 13.6. The third kappa shape index (κ3) is 3.37. The second-order valence-electron chi connectivity index (χ2n) is 5.53. The van der Waals surface area contributed by atoms with Crippen LogP contribution >= 0.6 is 0 Å². The smallest absolute Gasteiger partial charge is 0.158 e. The summed E-state index contributed by atoms with van der Waals surface area (Å²) in [5.41, 5.74) is 8.65. The molecule has 1 N–H and O–H groups in total. The van der Waals surface area contributed by atoms with E-state index in [2.05, 4.69) is 24.8 Å². The maximum atomic E-state index is 4.40. The highest BCUT2D eigenvalue weighted by Gasteiger charge is 2.15. The highest BCUT2D eigenvalue weighted by molar-refractivity contribution is 5.68. The van der Waals surface area contributed by atoms with E-state index in [0.29, 0.717) is 0 Å². The summed E-state index contributed by atoms with van der Waals surface area (Å²) in [7, 11) is 2.01. The van der Waals surface area contributed by atoms with E-state index in [4.69, 9.17) is 0 Å². The highest BCUT2D eigenvalue weighted by Crippen LogP contribution is 2.19. The Balaban J connectivity index is 0.000000188. The summed E-state index contributed by atoms with van der Waals surface area (Å²) in [5, 5.41) is 2.03. The van der Waals surface area contributed by atoms with Crippen LogP contribution in [0.5, 0.6) is 0 Å². The average Bonchev–Trinajstić information content (AvgIpc) is 3.15. The van der Waals surface area contributed by atoms with Crippen LogP contribution in [-0.2, 0) is 0 Å². The Kier molecular flexibility index (Phi) is 4.34. The summed E-state index contributed by atoms with van der Waals surface area (Å²) >= 11 is 0. The van der Waals surface area contributed by atoms with Crippen LogP contribution in [0, 0.1) is 13.8 Å². The van der Waals surface area contributed by atoms with E-state index in [9.17, 15) is 0 Å². The SMILES string of the molecule is Cc1ccncc1.Cc1nccn2c(C3=CNN(C)C3)cnc12. The fourth-order valence-corrected chi connectivity index (χ4v) is 2.40. The number of fused-ring (bicyclic) bond motifs is 1. The largest absolute Gasteiger partial charge is 0.326 e. The first-order chi connectivity index (χ1) is 11.1. The van der Waals surface area contributed by atoms with Gasteiger partial charge in [0.2, 0.25) is 0 Å². The number of aryl methyl sites for hydroxylation is 2. The molecule has 0 saturated carbocycles. The lowest BCUT2D eigenvalue weighted by molar-refractivity contribution is 0.334. The summed E-state index contributed by atoms with van der Waals surface area (Å²) in [5.74, 6) is 0. The Morgan fingerprint density at radius 2 is 1.87 bits per heavy atom. The molecule has 0 fully saturated rings. The van der Waals surface area contributed by atoms with Gasteiger partial charge in [0, 0.05) is 50.2 Å². The Labute approximate surface area is 135 Å². The van der Waals surface area contributed by atoms with Crippen LogP contribution in [-0.4, -0.2) is 38.0 Å². The predicted molar refractivity (Wildman–Crippen MR) is 90.4 cm³/mol. The van der Waals surface area contributed by atoms with Crippen molar-refractivity contribution in [1.29, 1.82) is 0 Å². The molecule has 0 saturated heterocycles. The molecule has 4 heterocycles. The average molecular weight is 308 g/mol. The lowest BCUT2D eigenvalue weighted by atomic mass is 10.2. The van der Waals surface area contributed by atoms with Gasteiger partial charge < -0.3 is 5.43 Å². The summed E-state index contributed by atoms with van der Waals surface area (Å²) in [6.45, 7) is 4.90. The quantitative estimate of drug-likeness (QED) is 0.747. The van der Waals surface area contributed by atoms with Crippen molar-refractivity contribution in [2.45, 2.75) is 13.8 Å². The van der Waals surface area contributed by atoms with Gasteiger partial charge in [0.25, 0.3) is 0 Å². The van der Waals surface area contributed by atoms with E-state index in [-0.39, 0.29) is 0 Å². The van der Waals surface area contributed by atoms with Crippen LogP contribution in [0.4, 0.5) is 0 Å². The number of hydrogen-bond donors (Lipinski definition) is 1. The molecule has 1 aliphatic heterocycles. The van der Waals surface area contributed by atoms with Crippen molar-refractivity contribution in [2.75, 3.05) is 13.6 Å². The minimum atomic E-state index is 0.884. The molecule has 0 radical (unpaired) electrons. The molecule has 0 atom stereocenters. The maximum Gasteiger partial charge on any atom is 0.158 e. The van der Waals surface area contributed by atoms with Gasteiger partial charge in [0.1, 0.15) is 0 Å². The van der Waals surface area contributed by atoms with Crippen molar-refractivity contribution < 1.29 is 0 Å². The first kappa shape index (κ1) is 15.2. The van der Waals surface area contributed by atoms with Crippen LogP contribution in [0.15, 0.2) is 49.3 Å². The number of likely N-dealkylation sites (N-methyl/N-ethyl adjacent to an activating group) is 1. The fraction of sp³-hybridized carbons (Fsp3) is 0.235. The van der Waals surface area contributed by atoms with Gasteiger partial charge in [0.05, 0.1) is 17.6 Å². The molecule has 1 aliphatic rings. The molecule has 0 bridgehead atoms. The van der Waals surface area contributed by atoms with Gasteiger partial charge in [-0.25, -0.2) is 9.99 Å². The fourth-order valence-electron chi connectivity index (χ4n) is 2.40. The first-order valence-electron chi connectivity index (χ1n) is 7.47. The van der Waals surface area contributed by atoms with E-state index in [1.54, 1.807) is 18.6 Å². The zero-order valence-electron chi connectivity index (χ0n) is 13.6. The van der Waals surface area contributed by atoms with E-state index in [1.807, 2.05) is 56.6 Å². The van der Waals surface area contributed by atoms with Gasteiger partial charge in [-0.1, -0.05) is 0 Å². The summed E-state index contributed by atoms with van der Waals surface area (Å²) in [4.78, 5) is 12.5. The molecule has 23 heavy (non-hydrogen) atoms. The summed E-state index contributed by atoms with van der Waals surface area (Å²) in [6, 6.07) is 3.94. The standard InChI is InChI=1S/C11H13N5.C6H7N/c1-8-11-13-6-10(16(11)4-3-12-8)9-5-14-15(2)7-9;1-6-2-4-7-5-3-6/h3-6,14H,7H2,1-2H3;2-5H,1H3. The van der Waals surface area contributed by atoms with Crippen molar-refractivity contribution in [1.82, 2.24) is 29.8 Å². The molecule has 3 aromatic rings. The van der Waals surface area contributed by atoms with Crippen molar-refractivity contribution in [3.05, 3.63) is 66.3 Å². The second-order valence-corrected chi connectivity index (χ2v) is 5.53. The Hall–Kier alpha value is -2.73. The number of nitrogens with one attached hydrogen (secondary N) is 1. The van der Waals surface area contributed by atoms with E-state index in [0.717, 1.165) is 23.6 Å². The Morgan fingerprint density at radius 3 is 2.48 bits per heavy atom. The third-order valence-corrected chi connectivity index (χ3v) is 3.65. The lowest BCUT2D eigenvalue weighted by Gasteiger charge is -2.07. The molecule has 4 rings (SSSR count). The second kappa shape index (κ2) is 6.58. The molecule has 0 spiro atoms. The lowest BCUT2D eigenvalue weighted by Crippen LogP contribution is -2.24. The number of rotatable bonds is 1.